The second-order valence-corrected chi connectivity index (χ2v) is 5.53. The summed E-state index contributed by atoms with van der Waals surface area (Å²) < 4.78 is 45.4. The number of halogens is 3. The molecule has 0 spiro atoms. The van der Waals surface area contributed by atoms with Gasteiger partial charge in [0.25, 0.3) is 0 Å². The number of Topliss-reactive ketones (excluding diaryl/α,β-unsaturated/α-hetero) is 2. The fraction of sp³-hybridized carbons (Fsp3) is 0.158. The summed E-state index contributed by atoms with van der Waals surface area (Å²) in [5.74, 6) is -2.02. The Morgan fingerprint density at radius 2 is 1.32 bits per heavy atom. The molecule has 0 aliphatic heterocycles. The summed E-state index contributed by atoms with van der Waals surface area (Å²) in [6.07, 6.45) is -4.92. The Morgan fingerprint density at radius 1 is 0.760 bits per heavy atom. The molecule has 25 heavy (non-hydrogen) atoms. The molecule has 0 saturated heterocycles. The van der Waals surface area contributed by atoms with Crippen molar-refractivity contribution >= 4 is 11.6 Å². The third-order valence-corrected chi connectivity index (χ3v) is 3.86. The summed E-state index contributed by atoms with van der Waals surface area (Å²) >= 11 is 0. The standard InChI is InChI=1S/C19H13F3O3/c20-19(21,22)16-15(11-25-10-12-6-2-1-3-7-12)17(23)13-8-4-5-9-14(13)18(16)24/h1-9H,10-11H2. The molecule has 0 N–H and O–H groups in total. The number of carbonyl (C=O) groups is 2. The van der Waals surface area contributed by atoms with Crippen LogP contribution in [0.5, 0.6) is 0 Å². The van der Waals surface area contributed by atoms with E-state index in [2.05, 4.69) is 0 Å². The number of alkyl halides is 3. The smallest absolute Gasteiger partial charge is 0.372 e. The molecule has 0 atom stereocenters. The molecular weight excluding hydrogens is 333 g/mol. The van der Waals surface area contributed by atoms with Gasteiger partial charge < -0.3 is 4.74 Å². The fourth-order valence-electron chi connectivity index (χ4n) is 2.71. The number of hydrogen-bond donors (Lipinski definition) is 0. The van der Waals surface area contributed by atoms with Crippen molar-refractivity contribution < 1.29 is 27.5 Å². The van der Waals surface area contributed by atoms with Gasteiger partial charge in [-0.3, -0.25) is 9.59 Å². The third-order valence-electron chi connectivity index (χ3n) is 3.86. The number of fused-ring (bicyclic) bond motifs is 1. The van der Waals surface area contributed by atoms with E-state index in [-0.39, 0.29) is 17.7 Å². The normalized spacial score (nSPS) is 14.7. The average molecular weight is 346 g/mol. The van der Waals surface area contributed by atoms with E-state index in [1.54, 1.807) is 30.3 Å². The van der Waals surface area contributed by atoms with Crippen molar-refractivity contribution in [3.8, 4) is 0 Å². The molecule has 6 heteroatoms. The van der Waals surface area contributed by atoms with Crippen molar-refractivity contribution in [2.45, 2.75) is 12.8 Å². The lowest BCUT2D eigenvalue weighted by atomic mass is 9.84. The maximum Gasteiger partial charge on any atom is 0.420 e. The van der Waals surface area contributed by atoms with Crippen LogP contribution in [-0.2, 0) is 11.3 Å². The zero-order valence-electron chi connectivity index (χ0n) is 13.0. The Labute approximate surface area is 141 Å². The van der Waals surface area contributed by atoms with Gasteiger partial charge in [0, 0.05) is 16.7 Å². The lowest BCUT2D eigenvalue weighted by Gasteiger charge is -2.22. The minimum Gasteiger partial charge on any atom is -0.372 e. The predicted octanol–water partition coefficient (Wildman–Crippen LogP) is 4.14. The molecule has 3 rings (SSSR count). The molecule has 1 aliphatic rings. The Hall–Kier alpha value is -2.73. The molecule has 2 aromatic rings. The highest BCUT2D eigenvalue weighted by Gasteiger charge is 2.46. The molecular formula is C19H13F3O3. The van der Waals surface area contributed by atoms with E-state index < -0.39 is 35.5 Å². The molecule has 0 saturated carbocycles. The monoisotopic (exact) mass is 346 g/mol. The van der Waals surface area contributed by atoms with Crippen molar-refractivity contribution in [1.82, 2.24) is 0 Å². The number of ether oxygens (including phenoxy) is 1. The molecule has 0 aromatic heterocycles. The van der Waals surface area contributed by atoms with Crippen LogP contribution < -0.4 is 0 Å². The van der Waals surface area contributed by atoms with Crippen LogP contribution in [0.3, 0.4) is 0 Å². The van der Waals surface area contributed by atoms with Crippen LogP contribution >= 0.6 is 0 Å². The molecule has 3 nitrogen and oxygen atoms in total. The maximum atomic E-state index is 13.4. The lowest BCUT2D eigenvalue weighted by molar-refractivity contribution is -0.0902. The Bertz CT molecular complexity index is 852. The Morgan fingerprint density at radius 3 is 1.92 bits per heavy atom. The second-order valence-electron chi connectivity index (χ2n) is 5.53. The predicted molar refractivity (Wildman–Crippen MR) is 84.3 cm³/mol. The molecule has 0 heterocycles. The van der Waals surface area contributed by atoms with E-state index in [4.69, 9.17) is 4.74 Å². The first-order valence-corrected chi connectivity index (χ1v) is 7.50. The van der Waals surface area contributed by atoms with E-state index in [0.29, 0.717) is 0 Å². The second kappa shape index (κ2) is 6.64. The fourth-order valence-corrected chi connectivity index (χ4v) is 2.71. The van der Waals surface area contributed by atoms with Crippen molar-refractivity contribution in [3.05, 3.63) is 82.4 Å². The molecule has 1 aliphatic carbocycles. The SMILES string of the molecule is O=C1C(COCc2ccccc2)=C(C(F)(F)F)C(=O)c2ccccc21. The van der Waals surface area contributed by atoms with Crippen LogP contribution in [0.2, 0.25) is 0 Å². The van der Waals surface area contributed by atoms with E-state index in [1.807, 2.05) is 0 Å². The van der Waals surface area contributed by atoms with Crippen molar-refractivity contribution in [2.75, 3.05) is 6.61 Å². The highest BCUT2D eigenvalue weighted by Crippen LogP contribution is 2.36. The van der Waals surface area contributed by atoms with Crippen LogP contribution in [0.1, 0.15) is 26.3 Å². The minimum absolute atomic E-state index is 0.0289. The van der Waals surface area contributed by atoms with Gasteiger partial charge in [0.2, 0.25) is 0 Å². The number of allylic oxidation sites excluding steroid dienone is 1. The minimum atomic E-state index is -4.92. The third kappa shape index (κ3) is 3.39. The molecule has 0 bridgehead atoms. The summed E-state index contributed by atoms with van der Waals surface area (Å²) in [5.41, 5.74) is -1.59. The van der Waals surface area contributed by atoms with Gasteiger partial charge in [0.15, 0.2) is 11.6 Å². The number of benzene rings is 2. The van der Waals surface area contributed by atoms with Gasteiger partial charge in [0.1, 0.15) is 5.57 Å². The van der Waals surface area contributed by atoms with Gasteiger partial charge in [-0.05, 0) is 5.56 Å². The Kier molecular flexibility index (Phi) is 4.55. The maximum absolute atomic E-state index is 13.4. The Balaban J connectivity index is 1.92. The van der Waals surface area contributed by atoms with Gasteiger partial charge >= 0.3 is 6.18 Å². The first kappa shape index (κ1) is 17.1. The summed E-state index contributed by atoms with van der Waals surface area (Å²) in [7, 11) is 0. The number of ketones is 2. The van der Waals surface area contributed by atoms with Gasteiger partial charge in [-0.2, -0.15) is 13.2 Å². The van der Waals surface area contributed by atoms with Gasteiger partial charge in [-0.1, -0.05) is 54.6 Å². The lowest BCUT2D eigenvalue weighted by Crippen LogP contribution is -2.32. The van der Waals surface area contributed by atoms with Crippen molar-refractivity contribution in [2.24, 2.45) is 0 Å². The van der Waals surface area contributed by atoms with Gasteiger partial charge in [-0.25, -0.2) is 0 Å². The van der Waals surface area contributed by atoms with E-state index in [0.717, 1.165) is 5.56 Å². The summed E-state index contributed by atoms with van der Waals surface area (Å²) in [6.45, 7) is -0.540. The molecule has 0 radical (unpaired) electrons. The molecule has 0 fully saturated rings. The van der Waals surface area contributed by atoms with Gasteiger partial charge in [0.05, 0.1) is 13.2 Å². The topological polar surface area (TPSA) is 43.4 Å². The van der Waals surface area contributed by atoms with Crippen LogP contribution in [0, 0.1) is 0 Å². The van der Waals surface area contributed by atoms with Crippen LogP contribution in [0.4, 0.5) is 13.2 Å². The molecule has 128 valence electrons. The summed E-state index contributed by atoms with van der Waals surface area (Å²) in [6, 6.07) is 14.3. The van der Waals surface area contributed by atoms with E-state index >= 15 is 0 Å². The van der Waals surface area contributed by atoms with E-state index in [1.165, 1.54) is 24.3 Å². The highest BCUT2D eigenvalue weighted by molar-refractivity contribution is 6.27. The van der Waals surface area contributed by atoms with Crippen LogP contribution in [0.15, 0.2) is 65.7 Å². The first-order chi connectivity index (χ1) is 11.9. The molecule has 0 amide bonds. The number of rotatable bonds is 4. The summed E-state index contributed by atoms with van der Waals surface area (Å²) in [4.78, 5) is 24.7. The van der Waals surface area contributed by atoms with Crippen molar-refractivity contribution in [3.63, 3.8) is 0 Å². The summed E-state index contributed by atoms with van der Waals surface area (Å²) in [5, 5.41) is 0. The van der Waals surface area contributed by atoms with E-state index in [9.17, 15) is 22.8 Å². The largest absolute Gasteiger partial charge is 0.420 e. The van der Waals surface area contributed by atoms with Gasteiger partial charge in [-0.15, -0.1) is 0 Å². The average Bonchev–Trinajstić information content (AvgIpc) is 2.59. The zero-order valence-corrected chi connectivity index (χ0v) is 13.0. The first-order valence-electron chi connectivity index (χ1n) is 7.50. The number of hydrogen-bond acceptors (Lipinski definition) is 3. The molecule has 2 aromatic carbocycles. The van der Waals surface area contributed by atoms with Crippen LogP contribution in [-0.4, -0.2) is 24.3 Å². The molecule has 0 unspecified atom stereocenters. The number of carbonyl (C=O) groups excluding carboxylic acids is 2. The van der Waals surface area contributed by atoms with Crippen LogP contribution in [0.25, 0.3) is 0 Å². The zero-order chi connectivity index (χ0) is 18.0. The highest BCUT2D eigenvalue weighted by atomic mass is 19.4. The quantitative estimate of drug-likeness (QED) is 0.836. The van der Waals surface area contributed by atoms with Crippen molar-refractivity contribution in [1.29, 1.82) is 0 Å².